The van der Waals surface area contributed by atoms with E-state index < -0.39 is 117 Å². The van der Waals surface area contributed by atoms with E-state index in [1.165, 1.54) is 19.3 Å². The Labute approximate surface area is 616 Å². The number of carbonyl (C=O) groups excluding carboxylic acids is 7. The van der Waals surface area contributed by atoms with Crippen LogP contribution in [0.25, 0.3) is 0 Å². The van der Waals surface area contributed by atoms with E-state index in [-0.39, 0.29) is 185 Å². The number of hydrogen-bond acceptors (Lipinski definition) is 28. The molecule has 19 N–H and O–H groups in total. The molecule has 3 fully saturated rings. The summed E-state index contributed by atoms with van der Waals surface area (Å²) in [7, 11) is 0. The maximum Gasteiger partial charge on any atom is 0.222 e. The molecular weight excluding hydrogens is 1390 g/mol. The average molecular weight is 1520 g/mol. The normalized spacial score (nSPS) is 25.4. The van der Waals surface area contributed by atoms with Crippen LogP contribution in [-0.4, -0.2) is 319 Å². The molecule has 35 heteroatoms. The smallest absolute Gasteiger partial charge is 0.222 e. The lowest BCUT2D eigenvalue weighted by molar-refractivity contribution is -0.301. The molecule has 0 aliphatic carbocycles. The van der Waals surface area contributed by atoms with Gasteiger partial charge in [-0.1, -0.05) is 65.7 Å². The van der Waals surface area contributed by atoms with Crippen molar-refractivity contribution in [2.45, 2.75) is 279 Å². The summed E-state index contributed by atoms with van der Waals surface area (Å²) < 4.78 is 50.7. The predicted octanol–water partition coefficient (Wildman–Crippen LogP) is -3.16. The molecule has 15 atom stereocenters. The van der Waals surface area contributed by atoms with Crippen molar-refractivity contribution >= 4 is 41.4 Å². The van der Waals surface area contributed by atoms with E-state index in [9.17, 15) is 94.8 Å². The first-order valence-corrected chi connectivity index (χ1v) is 37.7. The first-order valence-electron chi connectivity index (χ1n) is 37.7. The number of rotatable bonds is 59. The van der Waals surface area contributed by atoms with Gasteiger partial charge in [-0.3, -0.25) is 33.6 Å². The largest absolute Gasteiger partial charge is 0.394 e. The van der Waals surface area contributed by atoms with Gasteiger partial charge < -0.3 is 141 Å². The van der Waals surface area contributed by atoms with Crippen molar-refractivity contribution < 1.29 is 137 Å². The summed E-state index contributed by atoms with van der Waals surface area (Å²) in [4.78, 5) is 90.4. The van der Waals surface area contributed by atoms with Gasteiger partial charge >= 0.3 is 0 Å². The number of unbranched alkanes of at least 4 members (excludes halogenated alkanes) is 10. The Morgan fingerprint density at radius 3 is 0.848 bits per heavy atom. The minimum atomic E-state index is -1.57. The van der Waals surface area contributed by atoms with E-state index in [4.69, 9.17) is 42.6 Å². The molecular formula is C70H129N7O28. The van der Waals surface area contributed by atoms with Gasteiger partial charge in [0, 0.05) is 104 Å². The molecule has 9 unspecified atom stereocenters. The molecule has 3 aliphatic rings. The van der Waals surface area contributed by atoms with Gasteiger partial charge in [0.2, 0.25) is 41.4 Å². The zero-order chi connectivity index (χ0) is 77.4. The molecule has 35 nitrogen and oxygen atoms in total. The number of nitrogens with one attached hydrogen (secondary N) is 7. The fraction of sp³-hybridized carbons (Fsp3) is 0.900. The monoisotopic (exact) mass is 1520 g/mol. The maximum atomic E-state index is 13.9. The lowest BCUT2D eigenvalue weighted by atomic mass is 9.89. The van der Waals surface area contributed by atoms with Crippen molar-refractivity contribution in [3.8, 4) is 0 Å². The molecule has 0 saturated carbocycles. The lowest BCUT2D eigenvalue weighted by Gasteiger charge is -2.39. The Hall–Kier alpha value is -4.55. The molecule has 612 valence electrons. The van der Waals surface area contributed by atoms with Crippen molar-refractivity contribution in [1.29, 1.82) is 0 Å². The van der Waals surface area contributed by atoms with Crippen molar-refractivity contribution in [2.24, 2.45) is 5.41 Å². The molecule has 7 amide bonds. The summed E-state index contributed by atoms with van der Waals surface area (Å²) in [6, 6.07) is 0. The Bertz CT molecular complexity index is 2170. The summed E-state index contributed by atoms with van der Waals surface area (Å²) >= 11 is 0. The van der Waals surface area contributed by atoms with Crippen LogP contribution in [0, 0.1) is 5.41 Å². The van der Waals surface area contributed by atoms with E-state index in [1.807, 2.05) is 0 Å². The third kappa shape index (κ3) is 40.6. The van der Waals surface area contributed by atoms with Crippen molar-refractivity contribution in [3.63, 3.8) is 0 Å². The molecule has 0 bridgehead atoms. The average Bonchev–Trinajstić information content (AvgIpc) is 0.835. The van der Waals surface area contributed by atoms with E-state index in [0.717, 1.165) is 32.1 Å². The van der Waals surface area contributed by atoms with E-state index in [1.54, 1.807) is 0 Å². The zero-order valence-electron chi connectivity index (χ0n) is 62.0. The van der Waals surface area contributed by atoms with Gasteiger partial charge in [-0.25, -0.2) is 0 Å². The van der Waals surface area contributed by atoms with Gasteiger partial charge in [-0.2, -0.15) is 0 Å². The first kappa shape index (κ1) is 94.7. The highest BCUT2D eigenvalue weighted by molar-refractivity contribution is 5.78. The molecule has 3 rings (SSSR count). The zero-order valence-corrected chi connectivity index (χ0v) is 62.0. The Morgan fingerprint density at radius 2 is 0.562 bits per heavy atom. The first-order chi connectivity index (χ1) is 50.2. The van der Waals surface area contributed by atoms with E-state index in [0.29, 0.717) is 69.6 Å². The second-order valence-electron chi connectivity index (χ2n) is 28.4. The molecule has 0 spiro atoms. The van der Waals surface area contributed by atoms with Crippen molar-refractivity contribution in [3.05, 3.63) is 0 Å². The molecule has 3 saturated heterocycles. The van der Waals surface area contributed by atoms with Gasteiger partial charge in [-0.05, 0) is 76.0 Å². The summed E-state index contributed by atoms with van der Waals surface area (Å²) in [5.74, 6) is -2.05. The minimum absolute atomic E-state index is 0.0758. The fourth-order valence-electron chi connectivity index (χ4n) is 11.4. The van der Waals surface area contributed by atoms with E-state index >= 15 is 0 Å². The summed E-state index contributed by atoms with van der Waals surface area (Å²) in [6.45, 7) is 5.85. The van der Waals surface area contributed by atoms with Crippen molar-refractivity contribution in [1.82, 2.24) is 37.2 Å². The highest BCUT2D eigenvalue weighted by Crippen LogP contribution is 2.26. The van der Waals surface area contributed by atoms with Crippen LogP contribution < -0.4 is 37.2 Å². The molecule has 0 radical (unpaired) electrons. The van der Waals surface area contributed by atoms with Gasteiger partial charge in [0.15, 0.2) is 18.9 Å². The number of hydrogen-bond donors (Lipinski definition) is 19. The number of aliphatic hydroxyl groups excluding tert-OH is 12. The third-order valence-electron chi connectivity index (χ3n) is 17.8. The summed E-state index contributed by atoms with van der Waals surface area (Å²) in [6.07, 6.45) is -7.46. The van der Waals surface area contributed by atoms with Crippen LogP contribution in [0.3, 0.4) is 0 Å². The highest BCUT2D eigenvalue weighted by Gasteiger charge is 2.46. The second-order valence-corrected chi connectivity index (χ2v) is 28.4. The van der Waals surface area contributed by atoms with Crippen LogP contribution in [0.1, 0.15) is 181 Å². The topological polar surface area (TPSA) is 530 Å². The van der Waals surface area contributed by atoms with Crippen LogP contribution in [0.15, 0.2) is 0 Å². The molecule has 0 aromatic carbocycles. The number of carbonyl (C=O) groups is 7. The highest BCUT2D eigenvalue weighted by atomic mass is 16.7. The maximum absolute atomic E-state index is 13.9. The Balaban J connectivity index is 1.52. The molecule has 3 heterocycles. The predicted molar refractivity (Wildman–Crippen MR) is 375 cm³/mol. The number of ether oxygens (including phenoxy) is 9. The van der Waals surface area contributed by atoms with Gasteiger partial charge in [0.05, 0.1) is 59.5 Å². The van der Waals surface area contributed by atoms with Crippen LogP contribution in [0.5, 0.6) is 0 Å². The van der Waals surface area contributed by atoms with Gasteiger partial charge in [-0.15, -0.1) is 0 Å². The van der Waals surface area contributed by atoms with Gasteiger partial charge in [0.25, 0.3) is 0 Å². The number of aliphatic hydroxyl groups is 12. The standard InChI is InChI=1S/C70H129N7O28/c1-69(2,3)28-14-9-7-5-4-6-8-10-24-56(87)77-70(44-97-38-25-53(84)74-32-18-29-71-50(81)21-11-15-35-100-66-63(94)60(91)57(88)47(41-78)103-66,45-98-39-26-54(85)75-33-19-30-72-51(82)22-12-16-36-101-67-64(95)61(92)58(89)48(42-79)104-67)46-99-40-27-55(86)76-34-20-31-73-52(83)23-13-17-37-102-68-65(96)62(93)59(90)49(43-80)105-68/h47-49,57-68,78-80,88-96H,4-46H2,1-3H3,(H,71,81)(H,72,82)(H,73,83)(H,74,84)(H,75,85)(H,76,86)(H,77,87)/t47?,48?,49?,57-,58-,59-,60?,61?,62?,63?,64?,65?,66+,67+,68+,70?/m1/s1. The number of amides is 7. The third-order valence-corrected chi connectivity index (χ3v) is 17.8. The lowest BCUT2D eigenvalue weighted by Crippen LogP contribution is -2.59. The summed E-state index contributed by atoms with van der Waals surface area (Å²) in [5, 5.41) is 138. The Morgan fingerprint density at radius 1 is 0.305 bits per heavy atom. The van der Waals surface area contributed by atoms with Crippen LogP contribution in [0.2, 0.25) is 0 Å². The molecule has 3 aliphatic heterocycles. The van der Waals surface area contributed by atoms with Crippen molar-refractivity contribution in [2.75, 3.05) is 119 Å². The van der Waals surface area contributed by atoms with E-state index in [2.05, 4.69) is 58.0 Å². The van der Waals surface area contributed by atoms with Gasteiger partial charge in [0.1, 0.15) is 78.8 Å². The minimum Gasteiger partial charge on any atom is -0.394 e. The quantitative estimate of drug-likeness (QED) is 0.0267. The molecule has 0 aromatic rings. The SMILES string of the molecule is CC(C)(C)CCCCCCCCCCC(=O)NC(COCCC(=O)NCCCNC(=O)CCCCO[C@H]1OC(CO)[C@@H](O)C(O)C1O)(COCCC(=O)NCCCNC(=O)CCCCO[C@H]1OC(CO)[C@@H](O)C(O)C1O)COCCC(=O)NCCCNC(=O)CCCCO[C@H]1OC(CO)[C@@H](O)C(O)C1O. The van der Waals surface area contributed by atoms with Crippen LogP contribution >= 0.6 is 0 Å². The molecule has 105 heavy (non-hydrogen) atoms. The second kappa shape index (κ2) is 54.9. The summed E-state index contributed by atoms with van der Waals surface area (Å²) in [5.41, 5.74) is -1.06. The van der Waals surface area contributed by atoms with Crippen LogP contribution in [-0.2, 0) is 76.2 Å². The fourth-order valence-corrected chi connectivity index (χ4v) is 11.4. The molecule has 0 aromatic heterocycles. The van der Waals surface area contributed by atoms with Crippen LogP contribution in [0.4, 0.5) is 0 Å². The Kier molecular flexibility index (Phi) is 49.5.